The minimum atomic E-state index is -0.317. The van der Waals surface area contributed by atoms with Crippen LogP contribution >= 0.6 is 0 Å². The largest absolute Gasteiger partial charge is 0.378 e. The van der Waals surface area contributed by atoms with Gasteiger partial charge >= 0.3 is 0 Å². The molecule has 182 valence electrons. The van der Waals surface area contributed by atoms with E-state index in [0.29, 0.717) is 23.5 Å². The Morgan fingerprint density at radius 1 is 1.12 bits per heavy atom. The molecule has 0 radical (unpaired) electrons. The molecule has 5 rings (SSSR count). The van der Waals surface area contributed by atoms with Crippen LogP contribution in [0.5, 0.6) is 0 Å². The van der Waals surface area contributed by atoms with Crippen molar-refractivity contribution in [3.05, 3.63) is 64.8 Å². The number of anilines is 1. The molecule has 34 heavy (non-hydrogen) atoms. The zero-order valence-corrected chi connectivity index (χ0v) is 21.7. The molecule has 0 saturated heterocycles. The number of Topliss-reactive ketones (excluding diaryl/α,β-unsaturated/α-hetero) is 1. The molecule has 4 aliphatic carbocycles. The number of methoxy groups -OCH3 is 1. The first kappa shape index (κ1) is 23.6. The van der Waals surface area contributed by atoms with Crippen LogP contribution in [0, 0.1) is 22.7 Å². The zero-order chi connectivity index (χ0) is 24.3. The number of ketones is 1. The quantitative estimate of drug-likeness (QED) is 0.482. The van der Waals surface area contributed by atoms with Crippen molar-refractivity contribution in [3.63, 3.8) is 0 Å². The van der Waals surface area contributed by atoms with Crippen molar-refractivity contribution in [2.75, 3.05) is 32.7 Å². The molecule has 2 saturated carbocycles. The molecular formula is C31H41NO2. The van der Waals surface area contributed by atoms with Crippen molar-refractivity contribution >= 4 is 11.5 Å². The average Bonchev–Trinajstić information content (AvgIpc) is 3.10. The van der Waals surface area contributed by atoms with Gasteiger partial charge in [-0.25, -0.2) is 0 Å². The van der Waals surface area contributed by atoms with Gasteiger partial charge in [0.05, 0.1) is 0 Å². The van der Waals surface area contributed by atoms with E-state index in [2.05, 4.69) is 69.8 Å². The second-order valence-corrected chi connectivity index (χ2v) is 11.9. The summed E-state index contributed by atoms with van der Waals surface area (Å²) in [4.78, 5) is 15.6. The third-order valence-corrected chi connectivity index (χ3v) is 10.2. The number of nitrogens with zero attached hydrogens (tertiary/aromatic N) is 1. The highest BCUT2D eigenvalue weighted by molar-refractivity contribution is 5.87. The smallest absolute Gasteiger partial charge is 0.164 e. The molecule has 5 atom stereocenters. The predicted octanol–water partition coefficient (Wildman–Crippen LogP) is 6.86. The Bertz CT molecular complexity index is 1060. The molecular weight excluding hydrogens is 418 g/mol. The Hall–Kier alpha value is -2.13. The first-order valence-electron chi connectivity index (χ1n) is 13.1. The normalized spacial score (nSPS) is 34.8. The van der Waals surface area contributed by atoms with Crippen LogP contribution in [0.4, 0.5) is 5.69 Å². The van der Waals surface area contributed by atoms with E-state index in [4.69, 9.17) is 4.74 Å². The van der Waals surface area contributed by atoms with Crippen LogP contribution in [0.25, 0.3) is 0 Å². The summed E-state index contributed by atoms with van der Waals surface area (Å²) in [6, 6.07) is 9.21. The number of hydrogen-bond acceptors (Lipinski definition) is 3. The van der Waals surface area contributed by atoms with E-state index in [0.717, 1.165) is 38.5 Å². The highest BCUT2D eigenvalue weighted by atomic mass is 16.5. The van der Waals surface area contributed by atoms with Gasteiger partial charge in [0.1, 0.15) is 6.61 Å². The Labute approximate surface area is 205 Å². The summed E-state index contributed by atoms with van der Waals surface area (Å²) in [6.45, 7) is 9.20. The van der Waals surface area contributed by atoms with Gasteiger partial charge in [-0.05, 0) is 91.0 Å². The molecule has 0 bridgehead atoms. The van der Waals surface area contributed by atoms with Crippen LogP contribution < -0.4 is 4.90 Å². The van der Waals surface area contributed by atoms with Crippen molar-refractivity contribution in [2.45, 2.75) is 64.7 Å². The average molecular weight is 460 g/mol. The molecule has 0 N–H and O–H groups in total. The number of ether oxygens (including phenoxy) is 1. The fourth-order valence-electron chi connectivity index (χ4n) is 8.05. The lowest BCUT2D eigenvalue weighted by Crippen LogP contribution is -2.50. The lowest BCUT2D eigenvalue weighted by Gasteiger charge is -2.55. The van der Waals surface area contributed by atoms with Crippen molar-refractivity contribution in [2.24, 2.45) is 22.7 Å². The summed E-state index contributed by atoms with van der Waals surface area (Å²) >= 11 is 0. The Kier molecular flexibility index (Phi) is 5.91. The van der Waals surface area contributed by atoms with Gasteiger partial charge < -0.3 is 9.64 Å². The van der Waals surface area contributed by atoms with E-state index in [9.17, 15) is 4.79 Å². The Morgan fingerprint density at radius 2 is 1.85 bits per heavy atom. The third-order valence-electron chi connectivity index (χ3n) is 10.2. The zero-order valence-electron chi connectivity index (χ0n) is 21.7. The number of carbonyl (C=O) groups excluding carboxylic acids is 1. The van der Waals surface area contributed by atoms with Crippen molar-refractivity contribution in [3.8, 4) is 0 Å². The SMILES string of the molecule is C=C1C=C2CCC3C(=C2CC1)C(c1ccc(N(C)C)cc1)C[C@@]1(C)C3CC[C@]1(C)C(=O)COC. The summed E-state index contributed by atoms with van der Waals surface area (Å²) in [7, 11) is 5.85. The number of hydrogen-bond donors (Lipinski definition) is 0. The summed E-state index contributed by atoms with van der Waals surface area (Å²) in [6.07, 6.45) is 10.1. The van der Waals surface area contributed by atoms with Crippen LogP contribution in [0.3, 0.4) is 0 Å². The first-order chi connectivity index (χ1) is 16.2. The molecule has 3 heteroatoms. The van der Waals surface area contributed by atoms with Gasteiger partial charge in [-0.15, -0.1) is 0 Å². The summed E-state index contributed by atoms with van der Waals surface area (Å²) in [5.41, 5.74) is 8.47. The fourth-order valence-corrected chi connectivity index (χ4v) is 8.05. The van der Waals surface area contributed by atoms with E-state index >= 15 is 0 Å². The van der Waals surface area contributed by atoms with Crippen LogP contribution in [0.1, 0.15) is 70.3 Å². The summed E-state index contributed by atoms with van der Waals surface area (Å²) < 4.78 is 5.36. The van der Waals surface area contributed by atoms with Crippen LogP contribution in [0.2, 0.25) is 0 Å². The second-order valence-electron chi connectivity index (χ2n) is 11.9. The lowest BCUT2D eigenvalue weighted by atomic mass is 9.48. The Morgan fingerprint density at radius 3 is 2.53 bits per heavy atom. The van der Waals surface area contributed by atoms with Gasteiger partial charge in [0, 0.05) is 38.2 Å². The lowest BCUT2D eigenvalue weighted by molar-refractivity contribution is -0.140. The Balaban J connectivity index is 1.65. The molecule has 0 amide bonds. The van der Waals surface area contributed by atoms with E-state index in [1.807, 2.05) is 0 Å². The van der Waals surface area contributed by atoms with Gasteiger partial charge in [-0.1, -0.05) is 49.8 Å². The van der Waals surface area contributed by atoms with Crippen LogP contribution in [-0.2, 0) is 9.53 Å². The molecule has 0 aliphatic heterocycles. The number of benzene rings is 1. The number of carbonyl (C=O) groups is 1. The van der Waals surface area contributed by atoms with Crippen molar-refractivity contribution < 1.29 is 9.53 Å². The maximum atomic E-state index is 13.5. The molecule has 0 aromatic heterocycles. The molecule has 2 fully saturated rings. The fraction of sp³-hybridized carbons (Fsp3) is 0.581. The van der Waals surface area contributed by atoms with E-state index < -0.39 is 0 Å². The minimum Gasteiger partial charge on any atom is -0.378 e. The van der Waals surface area contributed by atoms with E-state index in [-0.39, 0.29) is 17.4 Å². The maximum absolute atomic E-state index is 13.5. The maximum Gasteiger partial charge on any atom is 0.164 e. The standard InChI is InChI=1S/C31H41NO2/c1-20-7-13-24-22(17-20)10-14-25-27-15-16-30(2,28(33)19-34-6)31(27,3)18-26(29(24)25)21-8-11-23(12-9-21)32(4)5/h8-9,11-12,17,25-27H,1,7,10,13-16,18-19H2,2-6H3/t25?,26?,27?,30-,31+/m1/s1. The molecule has 3 nitrogen and oxygen atoms in total. The first-order valence-corrected chi connectivity index (χ1v) is 13.1. The molecule has 1 aromatic carbocycles. The molecule has 1 aromatic rings. The van der Waals surface area contributed by atoms with Gasteiger partial charge in [0.15, 0.2) is 5.78 Å². The third kappa shape index (κ3) is 3.46. The highest BCUT2D eigenvalue weighted by Crippen LogP contribution is 2.69. The minimum absolute atomic E-state index is 0.0122. The summed E-state index contributed by atoms with van der Waals surface area (Å²) in [5.74, 6) is 1.82. The van der Waals surface area contributed by atoms with E-state index in [1.165, 1.54) is 28.8 Å². The molecule has 4 aliphatic rings. The van der Waals surface area contributed by atoms with Crippen molar-refractivity contribution in [1.29, 1.82) is 0 Å². The van der Waals surface area contributed by atoms with Gasteiger partial charge in [-0.2, -0.15) is 0 Å². The second kappa shape index (κ2) is 8.52. The molecule has 3 unspecified atom stereocenters. The molecule has 0 heterocycles. The molecule has 0 spiro atoms. The monoisotopic (exact) mass is 459 g/mol. The predicted molar refractivity (Wildman–Crippen MR) is 140 cm³/mol. The van der Waals surface area contributed by atoms with Crippen LogP contribution in [-0.4, -0.2) is 33.6 Å². The van der Waals surface area contributed by atoms with Gasteiger partial charge in [0.25, 0.3) is 0 Å². The number of rotatable bonds is 5. The van der Waals surface area contributed by atoms with E-state index in [1.54, 1.807) is 18.3 Å². The van der Waals surface area contributed by atoms with Crippen molar-refractivity contribution in [1.82, 2.24) is 0 Å². The van der Waals surface area contributed by atoms with Gasteiger partial charge in [-0.3, -0.25) is 4.79 Å². The topological polar surface area (TPSA) is 29.5 Å². The number of allylic oxidation sites excluding steroid dienone is 5. The van der Waals surface area contributed by atoms with Gasteiger partial charge in [0.2, 0.25) is 0 Å². The highest BCUT2D eigenvalue weighted by Gasteiger charge is 2.63. The number of fused-ring (bicyclic) bond motifs is 4. The summed E-state index contributed by atoms with van der Waals surface area (Å²) in [5, 5.41) is 0. The van der Waals surface area contributed by atoms with Crippen LogP contribution in [0.15, 0.2) is 59.2 Å².